The molecule has 1 nitrogen and oxygen atoms in total. The summed E-state index contributed by atoms with van der Waals surface area (Å²) in [5, 5.41) is 0. The van der Waals surface area contributed by atoms with Crippen LogP contribution in [0.15, 0.2) is 0 Å². The monoisotopic (exact) mass is 126 g/mol. The van der Waals surface area contributed by atoms with Crippen LogP contribution in [0.1, 0.15) is 33.1 Å². The molecule has 1 fully saturated rings. The first-order chi connectivity index (χ1) is 4.29. The Hall–Kier alpha value is -0.330. The second-order valence-corrected chi connectivity index (χ2v) is 2.85. The van der Waals surface area contributed by atoms with E-state index >= 15 is 0 Å². The third-order valence-electron chi connectivity index (χ3n) is 2.41. The first-order valence-corrected chi connectivity index (χ1v) is 3.82. The molecule has 0 radical (unpaired) electrons. The van der Waals surface area contributed by atoms with Gasteiger partial charge in [-0.3, -0.25) is 4.79 Å². The average molecular weight is 126 g/mol. The second kappa shape index (κ2) is 2.51. The molecule has 1 rings (SSSR count). The van der Waals surface area contributed by atoms with Gasteiger partial charge in [0.1, 0.15) is 5.78 Å². The van der Waals surface area contributed by atoms with E-state index in [9.17, 15) is 4.79 Å². The predicted molar refractivity (Wildman–Crippen MR) is 37.2 cm³/mol. The molecule has 0 heterocycles. The van der Waals surface area contributed by atoms with E-state index in [4.69, 9.17) is 0 Å². The van der Waals surface area contributed by atoms with Crippen molar-refractivity contribution in [2.45, 2.75) is 33.1 Å². The van der Waals surface area contributed by atoms with Crippen molar-refractivity contribution < 1.29 is 4.79 Å². The molecule has 0 aromatic heterocycles. The van der Waals surface area contributed by atoms with Gasteiger partial charge in [0.05, 0.1) is 0 Å². The molecule has 0 aromatic carbocycles. The van der Waals surface area contributed by atoms with Gasteiger partial charge < -0.3 is 0 Å². The Morgan fingerprint density at radius 1 is 1.44 bits per heavy atom. The highest BCUT2D eigenvalue weighted by Gasteiger charge is 2.36. The highest BCUT2D eigenvalue weighted by Crippen LogP contribution is 2.35. The third kappa shape index (κ3) is 1.00. The Morgan fingerprint density at radius 3 is 2.33 bits per heavy atom. The zero-order chi connectivity index (χ0) is 6.85. The van der Waals surface area contributed by atoms with Gasteiger partial charge in [-0.1, -0.05) is 20.3 Å². The lowest BCUT2D eigenvalue weighted by Gasteiger charge is -2.33. The van der Waals surface area contributed by atoms with Crippen molar-refractivity contribution in [3.63, 3.8) is 0 Å². The maximum Gasteiger partial charge on any atom is 0.136 e. The molecule has 0 spiro atoms. The number of rotatable bonds is 2. The average Bonchev–Trinajstić information content (AvgIpc) is 1.83. The van der Waals surface area contributed by atoms with Gasteiger partial charge in [0.25, 0.3) is 0 Å². The van der Waals surface area contributed by atoms with Gasteiger partial charge in [-0.05, 0) is 12.3 Å². The Bertz CT molecular complexity index is 118. The lowest BCUT2D eigenvalue weighted by atomic mass is 9.70. The molecule has 2 atom stereocenters. The van der Waals surface area contributed by atoms with E-state index in [1.165, 1.54) is 6.42 Å². The van der Waals surface area contributed by atoms with Crippen LogP contribution < -0.4 is 0 Å². The normalized spacial score (nSPS) is 34.2. The maximum absolute atomic E-state index is 10.8. The molecular weight excluding hydrogens is 112 g/mol. The van der Waals surface area contributed by atoms with Gasteiger partial charge in [0.2, 0.25) is 0 Å². The maximum atomic E-state index is 10.8. The van der Waals surface area contributed by atoms with Gasteiger partial charge >= 0.3 is 0 Å². The Balaban J connectivity index is 2.38. The molecule has 9 heavy (non-hydrogen) atoms. The Morgan fingerprint density at radius 2 is 2.11 bits per heavy atom. The minimum absolute atomic E-state index is 0.426. The summed E-state index contributed by atoms with van der Waals surface area (Å²) in [6.45, 7) is 4.27. The lowest BCUT2D eigenvalue weighted by molar-refractivity contribution is -0.134. The van der Waals surface area contributed by atoms with Crippen LogP contribution in [0.3, 0.4) is 0 Å². The van der Waals surface area contributed by atoms with Crippen molar-refractivity contribution >= 4 is 5.78 Å². The molecule has 0 aliphatic heterocycles. The molecule has 0 aromatic rings. The summed E-state index contributed by atoms with van der Waals surface area (Å²) >= 11 is 0. The zero-order valence-corrected chi connectivity index (χ0v) is 6.18. The van der Waals surface area contributed by atoms with E-state index < -0.39 is 0 Å². The van der Waals surface area contributed by atoms with Crippen molar-refractivity contribution in [3.8, 4) is 0 Å². The van der Waals surface area contributed by atoms with Crippen LogP contribution >= 0.6 is 0 Å². The molecule has 1 saturated carbocycles. The van der Waals surface area contributed by atoms with Crippen LogP contribution in [0.4, 0.5) is 0 Å². The molecular formula is C8H14O. The Kier molecular flexibility index (Phi) is 1.89. The molecule has 52 valence electrons. The second-order valence-electron chi connectivity index (χ2n) is 2.85. The summed E-state index contributed by atoms with van der Waals surface area (Å²) in [5.74, 6) is 1.64. The molecule has 1 aliphatic carbocycles. The van der Waals surface area contributed by atoms with Crippen molar-refractivity contribution in [1.29, 1.82) is 0 Å². The van der Waals surface area contributed by atoms with Crippen molar-refractivity contribution in [3.05, 3.63) is 0 Å². The third-order valence-corrected chi connectivity index (χ3v) is 2.41. The standard InChI is InChI=1S/C8H14O/c1-3-6-5-8(9)7(6)4-2/h6-7H,3-5H2,1-2H3/t6-,7+/m0/s1. The molecule has 0 bridgehead atoms. The number of carbonyl (C=O) groups excluding carboxylic acids is 1. The fraction of sp³-hybridized carbons (Fsp3) is 0.875. The van der Waals surface area contributed by atoms with E-state index in [2.05, 4.69) is 13.8 Å². The van der Waals surface area contributed by atoms with E-state index in [1.807, 2.05) is 0 Å². The smallest absolute Gasteiger partial charge is 0.136 e. The van der Waals surface area contributed by atoms with Gasteiger partial charge in [-0.2, -0.15) is 0 Å². The van der Waals surface area contributed by atoms with Gasteiger partial charge in [-0.15, -0.1) is 0 Å². The first-order valence-electron chi connectivity index (χ1n) is 3.82. The highest BCUT2D eigenvalue weighted by molar-refractivity contribution is 5.87. The van der Waals surface area contributed by atoms with Crippen LogP contribution in [0.25, 0.3) is 0 Å². The summed E-state index contributed by atoms with van der Waals surface area (Å²) < 4.78 is 0. The summed E-state index contributed by atoms with van der Waals surface area (Å²) in [6.07, 6.45) is 3.09. The Labute approximate surface area is 56.4 Å². The van der Waals surface area contributed by atoms with E-state index in [0.717, 1.165) is 18.8 Å². The van der Waals surface area contributed by atoms with E-state index in [-0.39, 0.29) is 0 Å². The molecule has 0 N–H and O–H groups in total. The minimum atomic E-state index is 0.426. The van der Waals surface area contributed by atoms with E-state index in [1.54, 1.807) is 0 Å². The SMILES string of the molecule is CC[C@H]1CC(=O)[C@@H]1CC. The summed E-state index contributed by atoms with van der Waals surface area (Å²) in [5.41, 5.74) is 0. The van der Waals surface area contributed by atoms with Crippen LogP contribution in [-0.4, -0.2) is 5.78 Å². The topological polar surface area (TPSA) is 17.1 Å². The quantitative estimate of drug-likeness (QED) is 0.553. The largest absolute Gasteiger partial charge is 0.299 e. The van der Waals surface area contributed by atoms with Gasteiger partial charge in [0.15, 0.2) is 0 Å². The fourth-order valence-electron chi connectivity index (χ4n) is 1.64. The number of Topliss-reactive ketones (excluding diaryl/α,β-unsaturated/α-hetero) is 1. The highest BCUT2D eigenvalue weighted by atomic mass is 16.1. The van der Waals surface area contributed by atoms with Gasteiger partial charge in [-0.25, -0.2) is 0 Å². The van der Waals surface area contributed by atoms with E-state index in [0.29, 0.717) is 11.7 Å². The molecule has 0 amide bonds. The number of ketones is 1. The molecule has 1 heteroatoms. The van der Waals surface area contributed by atoms with Crippen molar-refractivity contribution in [2.24, 2.45) is 11.8 Å². The summed E-state index contributed by atoms with van der Waals surface area (Å²) in [7, 11) is 0. The van der Waals surface area contributed by atoms with Gasteiger partial charge in [0, 0.05) is 12.3 Å². The first kappa shape index (κ1) is 6.79. The molecule has 0 saturated heterocycles. The predicted octanol–water partition coefficient (Wildman–Crippen LogP) is 2.01. The van der Waals surface area contributed by atoms with Crippen LogP contribution in [0.2, 0.25) is 0 Å². The summed E-state index contributed by atoms with van der Waals surface area (Å²) in [6, 6.07) is 0. The number of hydrogen-bond donors (Lipinski definition) is 0. The van der Waals surface area contributed by atoms with Crippen LogP contribution in [0, 0.1) is 11.8 Å². The number of carbonyl (C=O) groups is 1. The van der Waals surface area contributed by atoms with Crippen LogP contribution in [0.5, 0.6) is 0 Å². The zero-order valence-electron chi connectivity index (χ0n) is 6.18. The van der Waals surface area contributed by atoms with Crippen molar-refractivity contribution in [1.82, 2.24) is 0 Å². The lowest BCUT2D eigenvalue weighted by Crippen LogP contribution is -2.35. The van der Waals surface area contributed by atoms with Crippen molar-refractivity contribution in [2.75, 3.05) is 0 Å². The minimum Gasteiger partial charge on any atom is -0.299 e. The molecule has 0 unspecified atom stereocenters. The fourth-order valence-corrected chi connectivity index (χ4v) is 1.64. The van der Waals surface area contributed by atoms with Crippen LogP contribution in [-0.2, 0) is 4.79 Å². The number of hydrogen-bond acceptors (Lipinski definition) is 1. The summed E-state index contributed by atoms with van der Waals surface area (Å²) in [4.78, 5) is 10.8. The molecule has 1 aliphatic rings.